The van der Waals surface area contributed by atoms with Gasteiger partial charge in [-0.15, -0.1) is 0 Å². The van der Waals surface area contributed by atoms with Gasteiger partial charge in [-0.25, -0.2) is 9.97 Å². The summed E-state index contributed by atoms with van der Waals surface area (Å²) in [5.41, 5.74) is -0.740. The van der Waals surface area contributed by atoms with E-state index in [-0.39, 0.29) is 0 Å². The zero-order valence-corrected chi connectivity index (χ0v) is 12.3. The van der Waals surface area contributed by atoms with Crippen LogP contribution in [0.1, 0.15) is 19.7 Å². The number of thioether (sulfide) groups is 1. The van der Waals surface area contributed by atoms with Crippen LogP contribution in [0, 0.1) is 0 Å². The second-order valence-electron chi connectivity index (χ2n) is 4.44. The standard InChI is InChI=1S/C12H22N4OS/c1-5-9-15-10(13-3)6-11(16-9)14-7-12(2,17)8-18-4/h6,17H,5,7-8H2,1-4H3,(H2,13,14,15,16). The van der Waals surface area contributed by atoms with Gasteiger partial charge >= 0.3 is 0 Å². The molecule has 0 aromatic carbocycles. The van der Waals surface area contributed by atoms with Crippen molar-refractivity contribution in [1.29, 1.82) is 0 Å². The molecular formula is C12H22N4OS. The molecule has 0 aliphatic heterocycles. The predicted octanol–water partition coefficient (Wildman–Crippen LogP) is 1.61. The summed E-state index contributed by atoms with van der Waals surface area (Å²) in [5.74, 6) is 3.00. The summed E-state index contributed by atoms with van der Waals surface area (Å²) >= 11 is 1.62. The van der Waals surface area contributed by atoms with E-state index in [0.717, 1.165) is 23.9 Å². The molecule has 0 spiro atoms. The lowest BCUT2D eigenvalue weighted by molar-refractivity contribution is 0.0996. The van der Waals surface area contributed by atoms with E-state index in [2.05, 4.69) is 20.6 Å². The van der Waals surface area contributed by atoms with E-state index in [1.807, 2.05) is 33.2 Å². The van der Waals surface area contributed by atoms with E-state index in [9.17, 15) is 5.11 Å². The predicted molar refractivity (Wildman–Crippen MR) is 78.5 cm³/mol. The number of aryl methyl sites for hydroxylation is 1. The summed E-state index contributed by atoms with van der Waals surface area (Å²) in [6, 6.07) is 1.84. The molecule has 0 fully saturated rings. The van der Waals surface area contributed by atoms with Gasteiger partial charge in [-0.1, -0.05) is 6.92 Å². The van der Waals surface area contributed by atoms with Gasteiger partial charge < -0.3 is 15.7 Å². The molecule has 1 aromatic rings. The Hall–Kier alpha value is -1.01. The first-order valence-corrected chi connectivity index (χ1v) is 7.41. The van der Waals surface area contributed by atoms with Crippen LogP contribution in [0.5, 0.6) is 0 Å². The van der Waals surface area contributed by atoms with Crippen molar-refractivity contribution in [3.05, 3.63) is 11.9 Å². The van der Waals surface area contributed by atoms with Gasteiger partial charge in [0, 0.05) is 31.8 Å². The van der Waals surface area contributed by atoms with Gasteiger partial charge in [0.1, 0.15) is 17.5 Å². The maximum absolute atomic E-state index is 10.1. The number of anilines is 2. The Morgan fingerprint density at radius 1 is 1.39 bits per heavy atom. The van der Waals surface area contributed by atoms with Crippen LogP contribution in [0.3, 0.4) is 0 Å². The fourth-order valence-electron chi connectivity index (χ4n) is 1.52. The molecule has 0 amide bonds. The number of aliphatic hydroxyl groups is 1. The summed E-state index contributed by atoms with van der Waals surface area (Å²) < 4.78 is 0. The molecule has 0 saturated carbocycles. The Morgan fingerprint density at radius 3 is 2.61 bits per heavy atom. The molecule has 1 rings (SSSR count). The third-order valence-corrected chi connectivity index (χ3v) is 3.36. The fourth-order valence-corrected chi connectivity index (χ4v) is 2.24. The van der Waals surface area contributed by atoms with Crippen molar-refractivity contribution >= 4 is 23.4 Å². The Balaban J connectivity index is 2.72. The number of hydrogen-bond donors (Lipinski definition) is 3. The zero-order chi connectivity index (χ0) is 13.6. The Labute approximate surface area is 113 Å². The molecule has 1 atom stereocenters. The second kappa shape index (κ2) is 6.80. The first-order chi connectivity index (χ1) is 8.50. The topological polar surface area (TPSA) is 70.1 Å². The number of rotatable bonds is 7. The number of nitrogens with one attached hydrogen (secondary N) is 2. The smallest absolute Gasteiger partial charge is 0.132 e. The number of nitrogens with zero attached hydrogens (tertiary/aromatic N) is 2. The normalized spacial score (nSPS) is 14.1. The molecule has 0 aliphatic rings. The molecule has 5 nitrogen and oxygen atoms in total. The third-order valence-electron chi connectivity index (χ3n) is 2.45. The van der Waals surface area contributed by atoms with Crippen molar-refractivity contribution in [3.8, 4) is 0 Å². The maximum atomic E-state index is 10.1. The SMILES string of the molecule is CCc1nc(NC)cc(NCC(C)(O)CSC)n1. The molecule has 1 heterocycles. The molecule has 18 heavy (non-hydrogen) atoms. The van der Waals surface area contributed by atoms with E-state index in [4.69, 9.17) is 0 Å². The van der Waals surface area contributed by atoms with Gasteiger partial charge in [0.05, 0.1) is 5.60 Å². The molecule has 1 aromatic heterocycles. The van der Waals surface area contributed by atoms with Crippen LogP contribution in [0.25, 0.3) is 0 Å². The quantitative estimate of drug-likeness (QED) is 0.699. The third kappa shape index (κ3) is 4.70. The second-order valence-corrected chi connectivity index (χ2v) is 5.31. The van der Waals surface area contributed by atoms with E-state index in [1.54, 1.807) is 11.8 Å². The summed E-state index contributed by atoms with van der Waals surface area (Å²) in [5, 5.41) is 16.3. The molecule has 1 unspecified atom stereocenters. The molecule has 0 bridgehead atoms. The monoisotopic (exact) mass is 270 g/mol. The van der Waals surface area contributed by atoms with Crippen LogP contribution in [0.15, 0.2) is 6.07 Å². The van der Waals surface area contributed by atoms with Gasteiger partial charge in [0.2, 0.25) is 0 Å². The number of hydrogen-bond acceptors (Lipinski definition) is 6. The molecule has 0 radical (unpaired) electrons. The molecule has 102 valence electrons. The molecular weight excluding hydrogens is 248 g/mol. The highest BCUT2D eigenvalue weighted by Gasteiger charge is 2.19. The van der Waals surface area contributed by atoms with Crippen LogP contribution in [0.4, 0.5) is 11.6 Å². The summed E-state index contributed by atoms with van der Waals surface area (Å²) in [6.07, 6.45) is 2.76. The van der Waals surface area contributed by atoms with E-state index < -0.39 is 5.60 Å². The number of aromatic nitrogens is 2. The highest BCUT2D eigenvalue weighted by atomic mass is 32.2. The van der Waals surface area contributed by atoms with Crippen LogP contribution in [0.2, 0.25) is 0 Å². The van der Waals surface area contributed by atoms with Crippen LogP contribution in [-0.4, -0.2) is 46.3 Å². The minimum atomic E-state index is -0.740. The van der Waals surface area contributed by atoms with Gasteiger partial charge in [-0.05, 0) is 13.2 Å². The first kappa shape index (κ1) is 15.0. The average molecular weight is 270 g/mol. The lowest BCUT2D eigenvalue weighted by atomic mass is 10.1. The first-order valence-electron chi connectivity index (χ1n) is 6.01. The van der Waals surface area contributed by atoms with Crippen molar-refractivity contribution in [2.45, 2.75) is 25.9 Å². The van der Waals surface area contributed by atoms with Gasteiger partial charge in [-0.3, -0.25) is 0 Å². The van der Waals surface area contributed by atoms with Gasteiger partial charge in [0.25, 0.3) is 0 Å². The van der Waals surface area contributed by atoms with Crippen molar-refractivity contribution in [2.75, 3.05) is 36.2 Å². The molecule has 0 saturated heterocycles. The zero-order valence-electron chi connectivity index (χ0n) is 11.4. The van der Waals surface area contributed by atoms with Gasteiger partial charge in [-0.2, -0.15) is 11.8 Å². The largest absolute Gasteiger partial charge is 0.387 e. The van der Waals surface area contributed by atoms with Crippen LogP contribution < -0.4 is 10.6 Å². The lowest BCUT2D eigenvalue weighted by Crippen LogP contribution is -2.36. The average Bonchev–Trinajstić information content (AvgIpc) is 2.36. The highest BCUT2D eigenvalue weighted by Crippen LogP contribution is 2.15. The van der Waals surface area contributed by atoms with Crippen molar-refractivity contribution in [3.63, 3.8) is 0 Å². The maximum Gasteiger partial charge on any atom is 0.132 e. The Morgan fingerprint density at radius 2 is 2.06 bits per heavy atom. The lowest BCUT2D eigenvalue weighted by Gasteiger charge is -2.23. The van der Waals surface area contributed by atoms with E-state index in [0.29, 0.717) is 12.3 Å². The molecule has 0 aliphatic carbocycles. The Bertz CT molecular complexity index is 362. The molecule has 3 N–H and O–H groups in total. The van der Waals surface area contributed by atoms with E-state index in [1.165, 1.54) is 0 Å². The molecule has 6 heteroatoms. The summed E-state index contributed by atoms with van der Waals surface area (Å²) in [4.78, 5) is 8.71. The summed E-state index contributed by atoms with van der Waals surface area (Å²) in [6.45, 7) is 4.30. The van der Waals surface area contributed by atoms with E-state index >= 15 is 0 Å². The van der Waals surface area contributed by atoms with Crippen LogP contribution >= 0.6 is 11.8 Å². The minimum Gasteiger partial charge on any atom is -0.387 e. The van der Waals surface area contributed by atoms with Crippen LogP contribution in [-0.2, 0) is 6.42 Å². The minimum absolute atomic E-state index is 0.469. The van der Waals surface area contributed by atoms with Crippen molar-refractivity contribution in [2.24, 2.45) is 0 Å². The highest BCUT2D eigenvalue weighted by molar-refractivity contribution is 7.98. The van der Waals surface area contributed by atoms with Crippen molar-refractivity contribution in [1.82, 2.24) is 9.97 Å². The summed E-state index contributed by atoms with van der Waals surface area (Å²) in [7, 11) is 1.83. The Kier molecular flexibility index (Phi) is 5.68. The van der Waals surface area contributed by atoms with Gasteiger partial charge in [0.15, 0.2) is 0 Å². The van der Waals surface area contributed by atoms with Crippen molar-refractivity contribution < 1.29 is 5.11 Å². The fraction of sp³-hybridized carbons (Fsp3) is 0.667.